The zero-order valence-corrected chi connectivity index (χ0v) is 25.6. The lowest BCUT2D eigenvalue weighted by Gasteiger charge is -2.34. The maximum Gasteiger partial charge on any atom is 0.344 e. The summed E-state index contributed by atoms with van der Waals surface area (Å²) in [5.74, 6) is 0. The van der Waals surface area contributed by atoms with E-state index in [2.05, 4.69) is 132 Å². The third-order valence-electron chi connectivity index (χ3n) is 9.32. The summed E-state index contributed by atoms with van der Waals surface area (Å²) in [5.41, 5.74) is 13.2. The number of hydrogen-bond donors (Lipinski definition) is 0. The molecule has 2 heterocycles. The Morgan fingerprint density at radius 2 is 1.02 bits per heavy atom. The minimum atomic E-state index is -0.316. The maximum atomic E-state index is 12.9. The number of rotatable bonds is 4. The summed E-state index contributed by atoms with van der Waals surface area (Å²) in [7, 11) is 0. The normalized spacial score (nSPS) is 12.2. The number of para-hydroxylation sites is 1. The first-order chi connectivity index (χ1) is 23.2. The van der Waals surface area contributed by atoms with Gasteiger partial charge in [-0.2, -0.15) is 0 Å². The van der Waals surface area contributed by atoms with Crippen molar-refractivity contribution in [3.8, 4) is 33.4 Å². The maximum absolute atomic E-state index is 12.9. The molecule has 0 spiro atoms. The van der Waals surface area contributed by atoms with Gasteiger partial charge in [0, 0.05) is 34.3 Å². The van der Waals surface area contributed by atoms with Gasteiger partial charge < -0.3 is 9.32 Å². The van der Waals surface area contributed by atoms with Gasteiger partial charge in [-0.05, 0) is 93.0 Å². The van der Waals surface area contributed by atoms with Crippen LogP contribution in [0, 0.1) is 0 Å². The van der Waals surface area contributed by atoms with Gasteiger partial charge in [-0.25, -0.2) is 4.79 Å². The van der Waals surface area contributed by atoms with Crippen molar-refractivity contribution in [1.82, 2.24) is 0 Å². The molecular weight excluding hydrogens is 574 g/mol. The zero-order valence-electron chi connectivity index (χ0n) is 25.6. The standard InChI is InChI=1S/C44H29NO2/c46-44-39-16-9-15-37(43(39)38-14-7-8-17-42(38)47-44)31-18-22-36(23-19-31)45-40-24-20-32(29-10-3-1-4-11-29)26-34(40)28-35-27-33(21-25-41(35)45)30-12-5-2-6-13-30/h1-27H,28H2. The summed E-state index contributed by atoms with van der Waals surface area (Å²) in [4.78, 5) is 15.3. The topological polar surface area (TPSA) is 33.5 Å². The average Bonchev–Trinajstić information content (AvgIpc) is 3.14. The average molecular weight is 604 g/mol. The van der Waals surface area contributed by atoms with Crippen molar-refractivity contribution in [1.29, 1.82) is 0 Å². The first-order valence-corrected chi connectivity index (χ1v) is 15.9. The molecular formula is C44H29NO2. The molecule has 1 aliphatic heterocycles. The van der Waals surface area contributed by atoms with E-state index < -0.39 is 0 Å². The zero-order chi connectivity index (χ0) is 31.3. The van der Waals surface area contributed by atoms with Crippen LogP contribution in [0.4, 0.5) is 17.1 Å². The lowest BCUT2D eigenvalue weighted by molar-refractivity contribution is 0.569. The summed E-state index contributed by atoms with van der Waals surface area (Å²) in [5, 5.41) is 2.44. The van der Waals surface area contributed by atoms with Gasteiger partial charge >= 0.3 is 5.63 Å². The Hall–Kier alpha value is -6.19. The van der Waals surface area contributed by atoms with Crippen LogP contribution >= 0.6 is 0 Å². The van der Waals surface area contributed by atoms with E-state index in [1.165, 1.54) is 44.8 Å². The highest BCUT2D eigenvalue weighted by atomic mass is 16.4. The molecule has 3 nitrogen and oxygen atoms in total. The van der Waals surface area contributed by atoms with E-state index >= 15 is 0 Å². The molecule has 0 amide bonds. The second-order valence-electron chi connectivity index (χ2n) is 12.1. The lowest BCUT2D eigenvalue weighted by atomic mass is 9.90. The second kappa shape index (κ2) is 11.0. The van der Waals surface area contributed by atoms with Crippen LogP contribution in [0.5, 0.6) is 0 Å². The summed E-state index contributed by atoms with van der Waals surface area (Å²) in [6, 6.07) is 57.2. The summed E-state index contributed by atoms with van der Waals surface area (Å²) in [6.45, 7) is 0. The number of nitrogens with zero attached hydrogens (tertiary/aromatic N) is 1. The Morgan fingerprint density at radius 1 is 0.468 bits per heavy atom. The predicted molar refractivity (Wildman–Crippen MR) is 194 cm³/mol. The molecule has 0 aliphatic carbocycles. The molecule has 9 rings (SSSR count). The lowest BCUT2D eigenvalue weighted by Crippen LogP contribution is -2.18. The molecule has 7 aromatic carbocycles. The molecule has 0 bridgehead atoms. The third-order valence-corrected chi connectivity index (χ3v) is 9.32. The summed E-state index contributed by atoms with van der Waals surface area (Å²) >= 11 is 0. The van der Waals surface area contributed by atoms with Crippen LogP contribution < -0.4 is 10.5 Å². The predicted octanol–water partition coefficient (Wildman–Crippen LogP) is 11.3. The highest BCUT2D eigenvalue weighted by molar-refractivity contribution is 6.12. The van der Waals surface area contributed by atoms with Gasteiger partial charge in [0.25, 0.3) is 0 Å². The van der Waals surface area contributed by atoms with Crippen molar-refractivity contribution >= 4 is 38.8 Å². The van der Waals surface area contributed by atoms with Gasteiger partial charge in [-0.15, -0.1) is 0 Å². The fourth-order valence-corrected chi connectivity index (χ4v) is 7.08. The van der Waals surface area contributed by atoms with Crippen LogP contribution in [0.15, 0.2) is 173 Å². The molecule has 1 aliphatic rings. The Bertz CT molecular complexity index is 2410. The van der Waals surface area contributed by atoms with Crippen molar-refractivity contribution in [2.45, 2.75) is 6.42 Å². The molecule has 0 saturated carbocycles. The fourth-order valence-electron chi connectivity index (χ4n) is 7.08. The van der Waals surface area contributed by atoms with Crippen LogP contribution in [-0.4, -0.2) is 0 Å². The molecule has 0 N–H and O–H groups in total. The second-order valence-corrected chi connectivity index (χ2v) is 12.1. The Morgan fingerprint density at radius 3 is 1.66 bits per heavy atom. The molecule has 0 fully saturated rings. The number of hydrogen-bond acceptors (Lipinski definition) is 3. The third kappa shape index (κ3) is 4.63. The van der Waals surface area contributed by atoms with E-state index in [4.69, 9.17) is 4.42 Å². The molecule has 0 unspecified atom stereocenters. The van der Waals surface area contributed by atoms with Gasteiger partial charge in [0.1, 0.15) is 5.58 Å². The molecule has 0 atom stereocenters. The summed E-state index contributed by atoms with van der Waals surface area (Å²) in [6.07, 6.45) is 0.853. The quantitative estimate of drug-likeness (QED) is 0.148. The first-order valence-electron chi connectivity index (χ1n) is 15.9. The van der Waals surface area contributed by atoms with E-state index in [1.807, 2.05) is 36.4 Å². The first kappa shape index (κ1) is 27.1. The molecule has 0 radical (unpaired) electrons. The van der Waals surface area contributed by atoms with Gasteiger partial charge in [-0.3, -0.25) is 0 Å². The van der Waals surface area contributed by atoms with Gasteiger partial charge in [-0.1, -0.05) is 115 Å². The van der Waals surface area contributed by atoms with Crippen molar-refractivity contribution in [3.63, 3.8) is 0 Å². The highest BCUT2D eigenvalue weighted by Crippen LogP contribution is 2.46. The van der Waals surface area contributed by atoms with Crippen molar-refractivity contribution < 1.29 is 4.42 Å². The number of anilines is 3. The molecule has 222 valence electrons. The molecule has 47 heavy (non-hydrogen) atoms. The smallest absolute Gasteiger partial charge is 0.344 e. The van der Waals surface area contributed by atoms with Crippen LogP contribution in [0.3, 0.4) is 0 Å². The van der Waals surface area contributed by atoms with E-state index in [0.29, 0.717) is 11.0 Å². The van der Waals surface area contributed by atoms with E-state index in [9.17, 15) is 4.79 Å². The fraction of sp³-hybridized carbons (Fsp3) is 0.0227. The minimum Gasteiger partial charge on any atom is -0.422 e. The number of fused-ring (bicyclic) bond motifs is 5. The monoisotopic (exact) mass is 603 g/mol. The van der Waals surface area contributed by atoms with Crippen LogP contribution in [0.1, 0.15) is 11.1 Å². The van der Waals surface area contributed by atoms with E-state index in [-0.39, 0.29) is 5.63 Å². The van der Waals surface area contributed by atoms with Gasteiger partial charge in [0.2, 0.25) is 0 Å². The molecule has 3 heteroatoms. The highest BCUT2D eigenvalue weighted by Gasteiger charge is 2.25. The van der Waals surface area contributed by atoms with Gasteiger partial charge in [0.05, 0.1) is 5.39 Å². The van der Waals surface area contributed by atoms with Crippen molar-refractivity contribution in [3.05, 3.63) is 185 Å². The van der Waals surface area contributed by atoms with E-state index in [1.54, 1.807) is 0 Å². The largest absolute Gasteiger partial charge is 0.422 e. The Balaban J connectivity index is 1.19. The SMILES string of the molecule is O=c1oc2ccccc2c2c(-c3ccc(N4c5ccc(-c6ccccc6)cc5Cc5cc(-c6ccccc6)ccc54)cc3)cccc12. The molecule has 1 aromatic heterocycles. The summed E-state index contributed by atoms with van der Waals surface area (Å²) < 4.78 is 5.64. The van der Waals surface area contributed by atoms with Gasteiger partial charge in [0.15, 0.2) is 0 Å². The Kier molecular flexibility index (Phi) is 6.36. The van der Waals surface area contributed by atoms with Crippen LogP contribution in [0.2, 0.25) is 0 Å². The van der Waals surface area contributed by atoms with E-state index in [0.717, 1.165) is 34.0 Å². The Labute approximate surface area is 272 Å². The minimum absolute atomic E-state index is 0.316. The number of benzene rings is 7. The van der Waals surface area contributed by atoms with Crippen LogP contribution in [0.25, 0.3) is 55.1 Å². The van der Waals surface area contributed by atoms with Crippen LogP contribution in [-0.2, 0) is 6.42 Å². The molecule has 0 saturated heterocycles. The molecule has 8 aromatic rings. The van der Waals surface area contributed by atoms with Crippen molar-refractivity contribution in [2.24, 2.45) is 0 Å². The van der Waals surface area contributed by atoms with Crippen molar-refractivity contribution in [2.75, 3.05) is 4.90 Å².